The average molecular weight is 398 g/mol. The topological polar surface area (TPSA) is 113 Å². The highest BCUT2D eigenvalue weighted by atomic mass is 16.2. The summed E-state index contributed by atoms with van der Waals surface area (Å²) < 4.78 is 0. The van der Waals surface area contributed by atoms with Gasteiger partial charge in [0.25, 0.3) is 5.91 Å². The molecule has 5 N–H and O–H groups in total. The van der Waals surface area contributed by atoms with Crippen LogP contribution in [0.1, 0.15) is 65.8 Å². The summed E-state index contributed by atoms with van der Waals surface area (Å²) in [4.78, 5) is 32.9. The first kappa shape index (κ1) is 20.9. The van der Waals surface area contributed by atoms with E-state index in [1.54, 1.807) is 12.3 Å². The number of nitrogens with zero attached hydrogens (tertiary/aromatic N) is 1. The van der Waals surface area contributed by atoms with E-state index in [0.29, 0.717) is 30.4 Å². The van der Waals surface area contributed by atoms with Gasteiger partial charge in [-0.1, -0.05) is 38.2 Å². The summed E-state index contributed by atoms with van der Waals surface area (Å²) >= 11 is 0. The fourth-order valence-corrected chi connectivity index (χ4v) is 4.04. The first-order chi connectivity index (χ1) is 13.9. The van der Waals surface area contributed by atoms with Crippen LogP contribution in [0.25, 0.3) is 0 Å². The van der Waals surface area contributed by atoms with Crippen LogP contribution in [0.3, 0.4) is 0 Å². The molecule has 1 atom stereocenters. The number of hydrogen-bond donors (Lipinski definition) is 4. The second-order valence-corrected chi connectivity index (χ2v) is 8.09. The molecule has 0 unspecified atom stereocenters. The molecule has 1 fully saturated rings. The molecule has 7 heteroatoms. The maximum absolute atomic E-state index is 12.9. The van der Waals surface area contributed by atoms with Crippen molar-refractivity contribution < 1.29 is 9.59 Å². The molecular weight excluding hydrogens is 366 g/mol. The van der Waals surface area contributed by atoms with Crippen molar-refractivity contribution in [1.82, 2.24) is 20.6 Å². The Bertz CT molecular complexity index is 837. The molecule has 1 saturated carbocycles. The number of hydrogen-bond acceptors (Lipinski definition) is 4. The molecule has 1 aliphatic rings. The number of rotatable bonds is 7. The van der Waals surface area contributed by atoms with E-state index in [9.17, 15) is 9.59 Å². The van der Waals surface area contributed by atoms with E-state index in [2.05, 4.69) is 20.6 Å². The molecule has 29 heavy (non-hydrogen) atoms. The zero-order valence-corrected chi connectivity index (χ0v) is 17.3. The summed E-state index contributed by atoms with van der Waals surface area (Å²) in [5.74, 6) is 0.506. The van der Waals surface area contributed by atoms with Gasteiger partial charge in [0.1, 0.15) is 17.6 Å². The van der Waals surface area contributed by atoms with Gasteiger partial charge in [-0.15, -0.1) is 0 Å². The number of aryl methyl sites for hydroxylation is 2. The molecule has 2 aromatic rings. The molecule has 0 aliphatic heterocycles. The van der Waals surface area contributed by atoms with Crippen molar-refractivity contribution in [3.63, 3.8) is 0 Å². The number of nitrogen functional groups attached to an aromatic ring is 1. The van der Waals surface area contributed by atoms with Crippen LogP contribution in [0.4, 0.5) is 5.82 Å². The second-order valence-electron chi connectivity index (χ2n) is 8.09. The summed E-state index contributed by atoms with van der Waals surface area (Å²) in [7, 11) is 0. The van der Waals surface area contributed by atoms with Crippen molar-refractivity contribution in [3.8, 4) is 0 Å². The van der Waals surface area contributed by atoms with E-state index >= 15 is 0 Å². The van der Waals surface area contributed by atoms with Gasteiger partial charge in [-0.3, -0.25) is 9.59 Å². The van der Waals surface area contributed by atoms with Crippen molar-refractivity contribution in [2.75, 3.05) is 5.73 Å². The summed E-state index contributed by atoms with van der Waals surface area (Å²) in [6, 6.07) is 4.91. The number of carbonyl (C=O) groups is 2. The van der Waals surface area contributed by atoms with Gasteiger partial charge in [0.2, 0.25) is 5.91 Å². The minimum Gasteiger partial charge on any atom is -0.384 e. The van der Waals surface area contributed by atoms with E-state index in [0.717, 1.165) is 29.7 Å². The number of anilines is 1. The van der Waals surface area contributed by atoms with Crippen LogP contribution in [0.5, 0.6) is 0 Å². The van der Waals surface area contributed by atoms with Gasteiger partial charge in [0.15, 0.2) is 0 Å². The number of aromatic nitrogens is 2. The lowest BCUT2D eigenvalue weighted by molar-refractivity contribution is -0.123. The highest BCUT2D eigenvalue weighted by Crippen LogP contribution is 2.27. The average Bonchev–Trinajstić information content (AvgIpc) is 3.05. The number of amides is 2. The summed E-state index contributed by atoms with van der Waals surface area (Å²) in [5, 5.41) is 5.90. The molecule has 0 radical (unpaired) electrons. The Morgan fingerprint density at radius 3 is 2.62 bits per heavy atom. The number of nitrogens with one attached hydrogen (secondary N) is 3. The standard InChI is InChI=1S/C22H31N5O2/c1-14-10-15(2)26-20(14)22(29)27-18(11-16-6-4-3-5-7-16)21(28)25-13-17-8-9-19(23)24-12-17/h8-10,12,16,18,26H,3-7,11,13H2,1-2H3,(H2,23,24)(H,25,28)(H,27,29)/t18-/m0/s1. The van der Waals surface area contributed by atoms with Crippen molar-refractivity contribution in [1.29, 1.82) is 0 Å². The molecule has 1 aliphatic carbocycles. The SMILES string of the molecule is Cc1cc(C)c(C(=O)N[C@@H](CC2CCCCC2)C(=O)NCc2ccc(N)nc2)[nH]1. The van der Waals surface area contributed by atoms with Crippen LogP contribution in [0.2, 0.25) is 0 Å². The molecule has 0 aromatic carbocycles. The number of pyridine rings is 1. The Morgan fingerprint density at radius 1 is 1.24 bits per heavy atom. The van der Waals surface area contributed by atoms with Gasteiger partial charge < -0.3 is 21.4 Å². The van der Waals surface area contributed by atoms with E-state index in [-0.39, 0.29) is 11.8 Å². The Kier molecular flexibility index (Phi) is 6.90. The van der Waals surface area contributed by atoms with E-state index in [1.165, 1.54) is 19.3 Å². The molecule has 0 bridgehead atoms. The molecule has 2 heterocycles. The quantitative estimate of drug-likeness (QED) is 0.575. The normalized spacial score (nSPS) is 15.7. The third-order valence-electron chi connectivity index (χ3n) is 5.61. The zero-order valence-electron chi connectivity index (χ0n) is 17.3. The summed E-state index contributed by atoms with van der Waals surface area (Å²) in [6.07, 6.45) is 8.18. The van der Waals surface area contributed by atoms with Crippen molar-refractivity contribution in [2.24, 2.45) is 5.92 Å². The van der Waals surface area contributed by atoms with E-state index in [1.807, 2.05) is 26.0 Å². The Hall–Kier alpha value is -2.83. The zero-order chi connectivity index (χ0) is 20.8. The van der Waals surface area contributed by atoms with Crippen molar-refractivity contribution in [3.05, 3.63) is 46.9 Å². The van der Waals surface area contributed by atoms with E-state index < -0.39 is 6.04 Å². The lowest BCUT2D eigenvalue weighted by Crippen LogP contribution is -2.47. The summed E-state index contributed by atoms with van der Waals surface area (Å²) in [5.41, 5.74) is 8.80. The largest absolute Gasteiger partial charge is 0.384 e. The van der Waals surface area contributed by atoms with Crippen LogP contribution < -0.4 is 16.4 Å². The maximum atomic E-state index is 12.9. The monoisotopic (exact) mass is 397 g/mol. The predicted molar refractivity (Wildman–Crippen MR) is 113 cm³/mol. The van der Waals surface area contributed by atoms with Gasteiger partial charge in [-0.05, 0) is 49.4 Å². The fraction of sp³-hybridized carbons (Fsp3) is 0.500. The van der Waals surface area contributed by atoms with Crippen LogP contribution in [0, 0.1) is 19.8 Å². The highest BCUT2D eigenvalue weighted by Gasteiger charge is 2.27. The molecule has 0 spiro atoms. The minimum absolute atomic E-state index is 0.165. The Balaban J connectivity index is 1.67. The molecule has 2 aromatic heterocycles. The van der Waals surface area contributed by atoms with E-state index in [4.69, 9.17) is 5.73 Å². The lowest BCUT2D eigenvalue weighted by Gasteiger charge is -2.26. The van der Waals surface area contributed by atoms with Crippen LogP contribution >= 0.6 is 0 Å². The van der Waals surface area contributed by atoms with Gasteiger partial charge >= 0.3 is 0 Å². The summed E-state index contributed by atoms with van der Waals surface area (Å²) in [6.45, 7) is 4.16. The van der Waals surface area contributed by atoms with Gasteiger partial charge in [0.05, 0.1) is 0 Å². The molecule has 0 saturated heterocycles. The molecular formula is C22H31N5O2. The predicted octanol–water partition coefficient (Wildman–Crippen LogP) is 2.99. The molecule has 156 valence electrons. The Labute approximate surface area is 171 Å². The van der Waals surface area contributed by atoms with Crippen LogP contribution in [0.15, 0.2) is 24.4 Å². The third kappa shape index (κ3) is 5.82. The second kappa shape index (κ2) is 9.58. The number of H-pyrrole nitrogens is 1. The number of carbonyl (C=O) groups excluding carboxylic acids is 2. The van der Waals surface area contributed by atoms with Gasteiger partial charge in [-0.25, -0.2) is 4.98 Å². The molecule has 3 rings (SSSR count). The minimum atomic E-state index is -0.560. The van der Waals surface area contributed by atoms with Crippen LogP contribution in [-0.4, -0.2) is 27.8 Å². The number of aromatic amines is 1. The smallest absolute Gasteiger partial charge is 0.268 e. The van der Waals surface area contributed by atoms with Crippen LogP contribution in [-0.2, 0) is 11.3 Å². The molecule has 7 nitrogen and oxygen atoms in total. The van der Waals surface area contributed by atoms with Gasteiger partial charge in [0, 0.05) is 18.4 Å². The van der Waals surface area contributed by atoms with Crippen molar-refractivity contribution in [2.45, 2.75) is 65.0 Å². The lowest BCUT2D eigenvalue weighted by atomic mass is 9.84. The Morgan fingerprint density at radius 2 is 2.00 bits per heavy atom. The maximum Gasteiger partial charge on any atom is 0.268 e. The van der Waals surface area contributed by atoms with Gasteiger partial charge in [-0.2, -0.15) is 0 Å². The first-order valence-corrected chi connectivity index (χ1v) is 10.4. The highest BCUT2D eigenvalue weighted by molar-refractivity contribution is 5.97. The first-order valence-electron chi connectivity index (χ1n) is 10.4. The fourth-order valence-electron chi connectivity index (χ4n) is 4.04. The molecule has 2 amide bonds. The van der Waals surface area contributed by atoms with Crippen molar-refractivity contribution >= 4 is 17.6 Å². The third-order valence-corrected chi connectivity index (χ3v) is 5.61. The number of nitrogens with two attached hydrogens (primary N) is 1.